The summed E-state index contributed by atoms with van der Waals surface area (Å²) in [5.74, 6) is 0.827. The van der Waals surface area contributed by atoms with Gasteiger partial charge >= 0.3 is 0 Å². The van der Waals surface area contributed by atoms with E-state index in [4.69, 9.17) is 11.8 Å². The summed E-state index contributed by atoms with van der Waals surface area (Å²) in [6.45, 7) is 6.41. The van der Waals surface area contributed by atoms with Crippen LogP contribution in [0.5, 0.6) is 0 Å². The van der Waals surface area contributed by atoms with E-state index in [0.717, 1.165) is 24.6 Å². The minimum absolute atomic E-state index is 0.827. The molecule has 0 aromatic heterocycles. The first-order chi connectivity index (χ1) is 12.3. The molecule has 1 aliphatic heterocycles. The van der Waals surface area contributed by atoms with Crippen molar-refractivity contribution < 1.29 is 0 Å². The molecule has 0 saturated carbocycles. The molecule has 0 radical (unpaired) electrons. The molecule has 5 nitrogen and oxygen atoms in total. The van der Waals surface area contributed by atoms with Gasteiger partial charge in [-0.2, -0.15) is 0 Å². The van der Waals surface area contributed by atoms with Crippen LogP contribution >= 0.6 is 11.8 Å². The summed E-state index contributed by atoms with van der Waals surface area (Å²) in [5, 5.41) is 11.2. The summed E-state index contributed by atoms with van der Waals surface area (Å²) in [4.78, 5) is 0. The van der Waals surface area contributed by atoms with E-state index < -0.39 is 0 Å². The summed E-state index contributed by atoms with van der Waals surface area (Å²) >= 11 is 5.93. The van der Waals surface area contributed by atoms with E-state index in [-0.39, 0.29) is 0 Å². The molecule has 0 aromatic rings. The molecule has 1 heterocycles. The summed E-state index contributed by atoms with van der Waals surface area (Å²) in [7, 11) is 0. The summed E-state index contributed by atoms with van der Waals surface area (Å²) in [6, 6.07) is 0. The Morgan fingerprint density at radius 1 is 0.840 bits per heavy atom. The molecular formula is C19H38ClN5. The van der Waals surface area contributed by atoms with Crippen molar-refractivity contribution in [1.29, 1.82) is 0 Å². The second-order valence-electron chi connectivity index (χ2n) is 6.78. The zero-order valence-electron chi connectivity index (χ0n) is 16.2. The van der Waals surface area contributed by atoms with Crippen molar-refractivity contribution in [3.05, 3.63) is 11.9 Å². The van der Waals surface area contributed by atoms with E-state index in [1.54, 1.807) is 0 Å². The largest absolute Gasteiger partial charge is 0.381 e. The third-order valence-corrected chi connectivity index (χ3v) is 4.60. The topological polar surface area (TPSA) is 51.7 Å². The lowest BCUT2D eigenvalue weighted by Crippen LogP contribution is -2.40. The third kappa shape index (κ3) is 11.2. The number of hydrogen-bond donors (Lipinski definition) is 3. The second kappa shape index (κ2) is 15.2. The fourth-order valence-electron chi connectivity index (χ4n) is 2.86. The Morgan fingerprint density at radius 2 is 1.36 bits per heavy atom. The van der Waals surface area contributed by atoms with Gasteiger partial charge in [0.05, 0.1) is 17.5 Å². The van der Waals surface area contributed by atoms with Crippen LogP contribution < -0.4 is 16.1 Å². The van der Waals surface area contributed by atoms with E-state index in [0.29, 0.717) is 0 Å². The smallest absolute Gasteiger partial charge is 0.174 e. The van der Waals surface area contributed by atoms with Crippen LogP contribution in [-0.4, -0.2) is 23.6 Å². The molecule has 6 heteroatoms. The highest BCUT2D eigenvalue weighted by Gasteiger charge is 2.13. The highest BCUT2D eigenvalue weighted by Crippen LogP contribution is 2.07. The van der Waals surface area contributed by atoms with Crippen LogP contribution in [0, 0.1) is 0 Å². The number of nitrogens with one attached hydrogen (secondary N) is 3. The molecule has 25 heavy (non-hydrogen) atoms. The van der Waals surface area contributed by atoms with E-state index in [9.17, 15) is 0 Å². The lowest BCUT2D eigenvalue weighted by Gasteiger charge is -2.22. The zero-order chi connectivity index (χ0) is 18.2. The van der Waals surface area contributed by atoms with Gasteiger partial charge in [0.15, 0.2) is 5.84 Å². The van der Waals surface area contributed by atoms with Crippen LogP contribution in [-0.2, 0) is 0 Å². The van der Waals surface area contributed by atoms with Gasteiger partial charge in [0.25, 0.3) is 0 Å². The minimum atomic E-state index is 0.827. The zero-order valence-corrected chi connectivity index (χ0v) is 17.0. The third-order valence-electron chi connectivity index (χ3n) is 4.43. The van der Waals surface area contributed by atoms with Crippen molar-refractivity contribution >= 4 is 17.6 Å². The van der Waals surface area contributed by atoms with E-state index in [1.165, 1.54) is 81.7 Å². The molecule has 0 aromatic carbocycles. The number of hydrazone groups is 1. The molecular weight excluding hydrogens is 334 g/mol. The minimum Gasteiger partial charge on any atom is -0.381 e. The van der Waals surface area contributed by atoms with Crippen molar-refractivity contribution in [3.8, 4) is 0 Å². The van der Waals surface area contributed by atoms with Crippen LogP contribution in [0.1, 0.15) is 90.9 Å². The molecule has 0 unspecified atom stereocenters. The lowest BCUT2D eigenvalue weighted by atomic mass is 10.1. The van der Waals surface area contributed by atoms with Crippen molar-refractivity contribution in [2.75, 3.05) is 13.1 Å². The second-order valence-corrected chi connectivity index (χ2v) is 7.11. The van der Waals surface area contributed by atoms with Gasteiger partial charge in [0.2, 0.25) is 0 Å². The van der Waals surface area contributed by atoms with Crippen molar-refractivity contribution in [2.45, 2.75) is 90.9 Å². The number of hydrogen-bond acceptors (Lipinski definition) is 5. The maximum Gasteiger partial charge on any atom is 0.174 e. The quantitative estimate of drug-likeness (QED) is 0.279. The molecule has 1 rings (SSSR count). The van der Waals surface area contributed by atoms with Crippen LogP contribution in [0.15, 0.2) is 17.0 Å². The standard InChI is InChI=1S/C19H38ClN5/c1-3-5-7-9-11-13-15-21-18-17-23-25(20)24-19(18)22-16-14-12-10-8-6-4-2/h17,21,23H,3-16H2,1-2H3,(H,22,24). The number of hydrazine groups is 1. The monoisotopic (exact) mass is 371 g/mol. The number of halogens is 1. The van der Waals surface area contributed by atoms with Crippen LogP contribution in [0.2, 0.25) is 0 Å². The van der Waals surface area contributed by atoms with Crippen molar-refractivity contribution in [1.82, 2.24) is 20.7 Å². The van der Waals surface area contributed by atoms with E-state index in [1.807, 2.05) is 6.20 Å². The van der Waals surface area contributed by atoms with Gasteiger partial charge in [-0.05, 0) is 12.8 Å². The van der Waals surface area contributed by atoms with Crippen LogP contribution in [0.25, 0.3) is 0 Å². The molecule has 146 valence electrons. The lowest BCUT2D eigenvalue weighted by molar-refractivity contribution is 0.402. The fraction of sp³-hybridized carbons (Fsp3) is 0.842. The molecule has 3 N–H and O–H groups in total. The van der Waals surface area contributed by atoms with Gasteiger partial charge < -0.3 is 10.6 Å². The Balaban J connectivity index is 2.17. The van der Waals surface area contributed by atoms with Crippen molar-refractivity contribution in [2.24, 2.45) is 5.10 Å². The Bertz CT molecular complexity index is 384. The normalized spacial score (nSPS) is 14.0. The van der Waals surface area contributed by atoms with Gasteiger partial charge in [-0.25, -0.2) is 0 Å². The number of unbranched alkanes of at least 4 members (excludes halogenated alkanes) is 10. The van der Waals surface area contributed by atoms with Gasteiger partial charge in [0.1, 0.15) is 0 Å². The molecule has 0 spiro atoms. The summed E-state index contributed by atoms with van der Waals surface area (Å²) < 4.78 is 1.22. The number of amidine groups is 1. The Labute approximate surface area is 159 Å². The van der Waals surface area contributed by atoms with Crippen LogP contribution in [0.3, 0.4) is 0 Å². The first-order valence-electron chi connectivity index (χ1n) is 10.3. The Kier molecular flexibility index (Phi) is 13.3. The predicted molar refractivity (Wildman–Crippen MR) is 109 cm³/mol. The Morgan fingerprint density at radius 3 is 1.96 bits per heavy atom. The molecule has 0 aliphatic carbocycles. The number of nitrogens with zero attached hydrogens (tertiary/aromatic N) is 2. The average molecular weight is 372 g/mol. The van der Waals surface area contributed by atoms with E-state index >= 15 is 0 Å². The molecule has 0 atom stereocenters. The maximum absolute atomic E-state index is 5.93. The Hall–Kier alpha value is -1.10. The molecule has 1 aliphatic rings. The van der Waals surface area contributed by atoms with Gasteiger partial charge in [-0.15, -0.1) is 9.74 Å². The molecule has 0 fully saturated rings. The van der Waals surface area contributed by atoms with Gasteiger partial charge in [-0.3, -0.25) is 5.43 Å². The van der Waals surface area contributed by atoms with Gasteiger partial charge in [0, 0.05) is 19.3 Å². The SMILES string of the molecule is CCCCCCCCNC1=CNN(Cl)N=C1NCCCCCCCC. The highest BCUT2D eigenvalue weighted by atomic mass is 35.5. The average Bonchev–Trinajstić information content (AvgIpc) is 2.61. The number of rotatable bonds is 15. The molecule has 0 bridgehead atoms. The predicted octanol–water partition coefficient (Wildman–Crippen LogP) is 5.02. The first kappa shape index (κ1) is 21.9. The summed E-state index contributed by atoms with van der Waals surface area (Å²) in [6.07, 6.45) is 17.5. The van der Waals surface area contributed by atoms with Crippen LogP contribution in [0.4, 0.5) is 0 Å². The summed E-state index contributed by atoms with van der Waals surface area (Å²) in [5.41, 5.74) is 3.90. The van der Waals surface area contributed by atoms with Gasteiger partial charge in [-0.1, -0.05) is 78.1 Å². The van der Waals surface area contributed by atoms with Crippen molar-refractivity contribution in [3.63, 3.8) is 0 Å². The maximum atomic E-state index is 5.93. The molecule has 0 saturated heterocycles. The van der Waals surface area contributed by atoms with E-state index in [2.05, 4.69) is 35.0 Å². The highest BCUT2D eigenvalue weighted by molar-refractivity contribution is 6.14. The fourth-order valence-corrected chi connectivity index (χ4v) is 2.99. The first-order valence-corrected chi connectivity index (χ1v) is 10.6. The molecule has 0 amide bonds.